The minimum Gasteiger partial charge on any atom is -0.484 e. The maximum absolute atomic E-state index is 12.5. The van der Waals surface area contributed by atoms with E-state index in [0.717, 1.165) is 11.3 Å². The van der Waals surface area contributed by atoms with Gasteiger partial charge in [0.2, 0.25) is 5.91 Å². The summed E-state index contributed by atoms with van der Waals surface area (Å²) in [6.45, 7) is 1.72. The molecule has 0 radical (unpaired) electrons. The summed E-state index contributed by atoms with van der Waals surface area (Å²) >= 11 is 0. The summed E-state index contributed by atoms with van der Waals surface area (Å²) in [6.07, 6.45) is 2.55. The van der Waals surface area contributed by atoms with Gasteiger partial charge in [-0.2, -0.15) is 0 Å². The smallest absolute Gasteiger partial charge is 0.341 e. The van der Waals surface area contributed by atoms with Crippen molar-refractivity contribution in [2.75, 3.05) is 30.5 Å². The number of aryl methyl sites for hydroxylation is 1. The first-order valence-electron chi connectivity index (χ1n) is 8.94. The maximum Gasteiger partial charge on any atom is 0.341 e. The zero-order valence-electron chi connectivity index (χ0n) is 15.7. The van der Waals surface area contributed by atoms with Crippen LogP contribution in [0.15, 0.2) is 36.5 Å². The van der Waals surface area contributed by atoms with E-state index in [1.54, 1.807) is 31.2 Å². The molecule has 0 fully saturated rings. The number of ether oxygens (including phenoxy) is 2. The molecule has 8 heteroatoms. The van der Waals surface area contributed by atoms with Gasteiger partial charge in [0.15, 0.2) is 6.61 Å². The predicted molar refractivity (Wildman–Crippen MR) is 102 cm³/mol. The number of amides is 2. The number of fused-ring (bicyclic) bond motifs is 1. The van der Waals surface area contributed by atoms with Crippen molar-refractivity contribution in [2.45, 2.75) is 19.8 Å². The Bertz CT molecular complexity index is 912. The highest BCUT2D eigenvalue weighted by molar-refractivity contribution is 6.01. The summed E-state index contributed by atoms with van der Waals surface area (Å²) < 4.78 is 10.6. The molecule has 3 rings (SSSR count). The van der Waals surface area contributed by atoms with Crippen LogP contribution in [0.1, 0.15) is 29.3 Å². The van der Waals surface area contributed by atoms with E-state index in [4.69, 9.17) is 9.47 Å². The normalized spacial score (nSPS) is 12.6. The first kappa shape index (κ1) is 19.3. The van der Waals surface area contributed by atoms with E-state index in [1.165, 1.54) is 18.1 Å². The molecule has 2 aromatic rings. The molecule has 1 aromatic carbocycles. The van der Waals surface area contributed by atoms with Crippen LogP contribution < -0.4 is 15.0 Å². The summed E-state index contributed by atoms with van der Waals surface area (Å²) in [4.78, 5) is 41.4. The SMILES string of the molecule is CCOC(=O)c1cccnc1N(C)C(=O)COc1ccc2c(c1)CCC(=O)N2. The number of nitrogens with one attached hydrogen (secondary N) is 1. The molecule has 1 aromatic heterocycles. The Balaban J connectivity index is 1.67. The molecule has 2 heterocycles. The Labute approximate surface area is 162 Å². The highest BCUT2D eigenvalue weighted by Gasteiger charge is 2.21. The summed E-state index contributed by atoms with van der Waals surface area (Å²) in [7, 11) is 1.53. The Morgan fingerprint density at radius 3 is 2.86 bits per heavy atom. The van der Waals surface area contributed by atoms with E-state index in [2.05, 4.69) is 10.3 Å². The third kappa shape index (κ3) is 4.28. The average molecular weight is 383 g/mol. The molecular weight excluding hydrogens is 362 g/mol. The lowest BCUT2D eigenvalue weighted by molar-refractivity contribution is -0.120. The fourth-order valence-electron chi connectivity index (χ4n) is 2.84. The van der Waals surface area contributed by atoms with Gasteiger partial charge in [0.05, 0.1) is 6.61 Å². The average Bonchev–Trinajstić information content (AvgIpc) is 2.71. The first-order valence-corrected chi connectivity index (χ1v) is 8.94. The molecule has 1 aliphatic heterocycles. The number of benzene rings is 1. The van der Waals surface area contributed by atoms with Crippen LogP contribution in [0.3, 0.4) is 0 Å². The molecule has 0 bridgehead atoms. The highest BCUT2D eigenvalue weighted by atomic mass is 16.5. The van der Waals surface area contributed by atoms with E-state index in [-0.39, 0.29) is 36.4 Å². The van der Waals surface area contributed by atoms with E-state index in [0.29, 0.717) is 18.6 Å². The summed E-state index contributed by atoms with van der Waals surface area (Å²) in [5.74, 6) is -0.171. The first-order chi connectivity index (χ1) is 13.5. The summed E-state index contributed by atoms with van der Waals surface area (Å²) in [6, 6.07) is 8.43. The van der Waals surface area contributed by atoms with Crippen LogP contribution in [0.2, 0.25) is 0 Å². The van der Waals surface area contributed by atoms with Crippen LogP contribution in [0.25, 0.3) is 0 Å². The third-order valence-corrected chi connectivity index (χ3v) is 4.31. The van der Waals surface area contributed by atoms with Gasteiger partial charge in [0.25, 0.3) is 5.91 Å². The topological polar surface area (TPSA) is 97.8 Å². The largest absolute Gasteiger partial charge is 0.484 e. The van der Waals surface area contributed by atoms with Crippen molar-refractivity contribution < 1.29 is 23.9 Å². The third-order valence-electron chi connectivity index (χ3n) is 4.31. The lowest BCUT2D eigenvalue weighted by atomic mass is 10.0. The molecule has 0 atom stereocenters. The Hall–Kier alpha value is -3.42. The van der Waals surface area contributed by atoms with Crippen molar-refractivity contribution in [3.8, 4) is 5.75 Å². The lowest BCUT2D eigenvalue weighted by Gasteiger charge is -2.20. The second-order valence-corrected chi connectivity index (χ2v) is 6.20. The number of nitrogens with zero attached hydrogens (tertiary/aromatic N) is 2. The van der Waals surface area contributed by atoms with Gasteiger partial charge in [-0.25, -0.2) is 9.78 Å². The molecule has 0 unspecified atom stereocenters. The Morgan fingerprint density at radius 2 is 2.07 bits per heavy atom. The van der Waals surface area contributed by atoms with Gasteiger partial charge in [0, 0.05) is 25.4 Å². The van der Waals surface area contributed by atoms with Crippen LogP contribution in [0, 0.1) is 0 Å². The number of hydrogen-bond donors (Lipinski definition) is 1. The maximum atomic E-state index is 12.5. The number of esters is 1. The highest BCUT2D eigenvalue weighted by Crippen LogP contribution is 2.27. The number of aromatic nitrogens is 1. The number of anilines is 2. The molecule has 0 aliphatic carbocycles. The molecule has 28 heavy (non-hydrogen) atoms. The number of carbonyl (C=O) groups is 3. The molecule has 1 N–H and O–H groups in total. The number of rotatable bonds is 6. The summed E-state index contributed by atoms with van der Waals surface area (Å²) in [5.41, 5.74) is 1.94. The molecule has 2 amide bonds. The predicted octanol–water partition coefficient (Wildman–Crippen LogP) is 2.18. The second kappa shape index (κ2) is 8.51. The van der Waals surface area contributed by atoms with Crippen molar-refractivity contribution in [3.63, 3.8) is 0 Å². The Kier molecular flexibility index (Phi) is 5.88. The monoisotopic (exact) mass is 383 g/mol. The van der Waals surface area contributed by atoms with Crippen LogP contribution in [-0.4, -0.2) is 43.0 Å². The van der Waals surface area contributed by atoms with Gasteiger partial charge in [-0.05, 0) is 49.2 Å². The van der Waals surface area contributed by atoms with Crippen LogP contribution in [0.4, 0.5) is 11.5 Å². The molecule has 146 valence electrons. The van der Waals surface area contributed by atoms with Gasteiger partial charge in [-0.15, -0.1) is 0 Å². The van der Waals surface area contributed by atoms with E-state index >= 15 is 0 Å². The number of hydrogen-bond acceptors (Lipinski definition) is 6. The number of pyridine rings is 1. The summed E-state index contributed by atoms with van der Waals surface area (Å²) in [5, 5.41) is 2.80. The second-order valence-electron chi connectivity index (χ2n) is 6.20. The molecule has 1 aliphatic rings. The zero-order chi connectivity index (χ0) is 20.1. The molecule has 0 saturated heterocycles. The number of carbonyl (C=O) groups excluding carboxylic acids is 3. The van der Waals surface area contributed by atoms with Crippen molar-refractivity contribution >= 4 is 29.3 Å². The molecule has 8 nitrogen and oxygen atoms in total. The van der Waals surface area contributed by atoms with Crippen molar-refractivity contribution in [2.24, 2.45) is 0 Å². The van der Waals surface area contributed by atoms with E-state index in [9.17, 15) is 14.4 Å². The fourth-order valence-corrected chi connectivity index (χ4v) is 2.84. The van der Waals surface area contributed by atoms with Crippen LogP contribution in [0.5, 0.6) is 5.75 Å². The fraction of sp³-hybridized carbons (Fsp3) is 0.300. The lowest BCUT2D eigenvalue weighted by Crippen LogP contribution is -2.33. The van der Waals surface area contributed by atoms with Crippen molar-refractivity contribution in [3.05, 3.63) is 47.7 Å². The van der Waals surface area contributed by atoms with Crippen molar-refractivity contribution in [1.29, 1.82) is 0 Å². The minimum atomic E-state index is -0.539. The van der Waals surface area contributed by atoms with Crippen LogP contribution >= 0.6 is 0 Å². The van der Waals surface area contributed by atoms with Gasteiger partial charge in [-0.1, -0.05) is 0 Å². The van der Waals surface area contributed by atoms with Crippen molar-refractivity contribution in [1.82, 2.24) is 4.98 Å². The molecular formula is C20H21N3O5. The number of likely N-dealkylation sites (N-methyl/N-ethyl adjacent to an activating group) is 1. The van der Waals surface area contributed by atoms with Gasteiger partial charge < -0.3 is 14.8 Å². The van der Waals surface area contributed by atoms with E-state index < -0.39 is 5.97 Å². The molecule has 0 saturated carbocycles. The zero-order valence-corrected chi connectivity index (χ0v) is 15.7. The van der Waals surface area contributed by atoms with E-state index in [1.807, 2.05) is 6.07 Å². The quantitative estimate of drug-likeness (QED) is 0.768. The van der Waals surface area contributed by atoms with Gasteiger partial charge in [0.1, 0.15) is 17.1 Å². The van der Waals surface area contributed by atoms with Gasteiger partial charge >= 0.3 is 5.97 Å². The minimum absolute atomic E-state index is 0.00858. The standard InChI is InChI=1S/C20H21N3O5/c1-3-27-20(26)15-5-4-10-21-19(15)23(2)18(25)12-28-14-7-8-16-13(11-14)6-9-17(24)22-16/h4-5,7-8,10-11H,3,6,9,12H2,1-2H3,(H,22,24). The van der Waals surface area contributed by atoms with Gasteiger partial charge in [-0.3, -0.25) is 14.5 Å². The van der Waals surface area contributed by atoms with Crippen LogP contribution in [-0.2, 0) is 20.7 Å². The molecule has 0 spiro atoms. The Morgan fingerprint density at radius 1 is 1.25 bits per heavy atom.